The standard InChI is InChI=1S/C24H20F3N3O5/c1-33-22(31)19-18(14-8-4-3-5-9-14)15(12-28)21(29)30(20(19)23(32)34-2)16-10-6-7-11-17(16)35-13-24(25,26)27/h3-11,18H,13,29H2,1-2H3. The number of alkyl halides is 3. The Labute approximate surface area is 198 Å². The summed E-state index contributed by atoms with van der Waals surface area (Å²) < 4.78 is 53.3. The number of halogens is 3. The van der Waals surface area contributed by atoms with Crippen molar-refractivity contribution in [1.29, 1.82) is 5.26 Å². The highest BCUT2D eigenvalue weighted by Crippen LogP contribution is 2.45. The van der Waals surface area contributed by atoms with Crippen LogP contribution in [-0.4, -0.2) is 38.9 Å². The second kappa shape index (κ2) is 10.2. The fraction of sp³-hybridized carbons (Fsp3) is 0.208. The monoisotopic (exact) mass is 487 g/mol. The van der Waals surface area contributed by atoms with Crippen LogP contribution in [-0.2, 0) is 19.1 Å². The van der Waals surface area contributed by atoms with Crippen molar-refractivity contribution < 1.29 is 37.0 Å². The zero-order valence-corrected chi connectivity index (χ0v) is 18.6. The van der Waals surface area contributed by atoms with Gasteiger partial charge in [-0.2, -0.15) is 18.4 Å². The smallest absolute Gasteiger partial charge is 0.422 e. The molecule has 1 unspecified atom stereocenters. The van der Waals surface area contributed by atoms with Gasteiger partial charge >= 0.3 is 18.1 Å². The van der Waals surface area contributed by atoms with E-state index in [1.54, 1.807) is 30.3 Å². The molecule has 11 heteroatoms. The number of benzene rings is 2. The number of nitriles is 1. The zero-order chi connectivity index (χ0) is 25.8. The number of nitrogens with zero attached hydrogens (tertiary/aromatic N) is 2. The molecule has 0 radical (unpaired) electrons. The summed E-state index contributed by atoms with van der Waals surface area (Å²) in [5.41, 5.74) is 5.85. The van der Waals surface area contributed by atoms with Crippen LogP contribution in [0, 0.1) is 11.3 Å². The van der Waals surface area contributed by atoms with Crippen molar-refractivity contribution in [3.63, 3.8) is 0 Å². The summed E-state index contributed by atoms with van der Waals surface area (Å²) in [6.07, 6.45) is -4.65. The number of nitrogens with two attached hydrogens (primary N) is 1. The van der Waals surface area contributed by atoms with E-state index in [1.165, 1.54) is 24.3 Å². The Bertz CT molecular complexity index is 1230. The van der Waals surface area contributed by atoms with Gasteiger partial charge in [0.1, 0.15) is 17.3 Å². The van der Waals surface area contributed by atoms with Gasteiger partial charge in [0.05, 0.1) is 43.0 Å². The molecule has 2 aromatic carbocycles. The third-order valence-electron chi connectivity index (χ3n) is 5.11. The highest BCUT2D eigenvalue weighted by atomic mass is 19.4. The predicted octanol–water partition coefficient (Wildman–Crippen LogP) is 3.53. The highest BCUT2D eigenvalue weighted by molar-refractivity contribution is 6.06. The van der Waals surface area contributed by atoms with Gasteiger partial charge in [0.15, 0.2) is 6.61 Å². The van der Waals surface area contributed by atoms with Crippen LogP contribution >= 0.6 is 0 Å². The zero-order valence-electron chi connectivity index (χ0n) is 18.6. The Kier molecular flexibility index (Phi) is 7.34. The van der Waals surface area contributed by atoms with Crippen LogP contribution in [0.1, 0.15) is 11.5 Å². The number of rotatable bonds is 6. The normalized spacial score (nSPS) is 16.0. The van der Waals surface area contributed by atoms with Crippen LogP contribution in [0.2, 0.25) is 0 Å². The van der Waals surface area contributed by atoms with E-state index in [0.717, 1.165) is 19.1 Å². The number of allylic oxidation sites excluding steroid dienone is 1. The molecule has 8 nitrogen and oxygen atoms in total. The van der Waals surface area contributed by atoms with Gasteiger partial charge in [-0.25, -0.2) is 9.59 Å². The number of methoxy groups -OCH3 is 2. The van der Waals surface area contributed by atoms with E-state index in [0.29, 0.717) is 5.56 Å². The summed E-state index contributed by atoms with van der Waals surface area (Å²) in [5, 5.41) is 10.0. The van der Waals surface area contributed by atoms with Crippen molar-refractivity contribution in [1.82, 2.24) is 0 Å². The van der Waals surface area contributed by atoms with Crippen molar-refractivity contribution in [2.75, 3.05) is 25.7 Å². The average Bonchev–Trinajstić information content (AvgIpc) is 2.86. The van der Waals surface area contributed by atoms with E-state index in [2.05, 4.69) is 0 Å². The van der Waals surface area contributed by atoms with Gasteiger partial charge in [0.25, 0.3) is 0 Å². The first-order valence-electron chi connectivity index (χ1n) is 10.1. The molecule has 35 heavy (non-hydrogen) atoms. The van der Waals surface area contributed by atoms with Gasteiger partial charge in [0, 0.05) is 0 Å². The van der Waals surface area contributed by atoms with Crippen LogP contribution in [0.25, 0.3) is 0 Å². The highest BCUT2D eigenvalue weighted by Gasteiger charge is 2.43. The topological polar surface area (TPSA) is 115 Å². The number of para-hydroxylation sites is 2. The molecule has 2 N–H and O–H groups in total. The molecule has 0 aromatic heterocycles. The Morgan fingerprint density at radius 1 is 1.03 bits per heavy atom. The second-order valence-corrected chi connectivity index (χ2v) is 7.21. The van der Waals surface area contributed by atoms with Crippen LogP contribution < -0.4 is 15.4 Å². The molecule has 182 valence electrons. The number of hydrogen-bond donors (Lipinski definition) is 1. The maximum absolute atomic E-state index is 13.0. The molecule has 0 amide bonds. The molecule has 0 saturated heterocycles. The van der Waals surface area contributed by atoms with Crippen LogP contribution in [0.5, 0.6) is 5.75 Å². The fourth-order valence-corrected chi connectivity index (χ4v) is 3.69. The lowest BCUT2D eigenvalue weighted by Crippen LogP contribution is -2.41. The first-order valence-corrected chi connectivity index (χ1v) is 10.1. The third kappa shape index (κ3) is 5.06. The van der Waals surface area contributed by atoms with Crippen LogP contribution in [0.4, 0.5) is 18.9 Å². The van der Waals surface area contributed by atoms with E-state index >= 15 is 0 Å². The molecule has 0 spiro atoms. The molecular weight excluding hydrogens is 467 g/mol. The summed E-state index contributed by atoms with van der Waals surface area (Å²) >= 11 is 0. The summed E-state index contributed by atoms with van der Waals surface area (Å²) in [7, 11) is 2.15. The number of carbonyl (C=O) groups is 2. The molecule has 0 aliphatic carbocycles. The molecule has 0 saturated carbocycles. The first kappa shape index (κ1) is 25.2. The molecule has 1 heterocycles. The third-order valence-corrected chi connectivity index (χ3v) is 5.11. The summed E-state index contributed by atoms with van der Waals surface area (Å²) in [6.45, 7) is -1.62. The van der Waals surface area contributed by atoms with Crippen LogP contribution in [0.15, 0.2) is 77.3 Å². The number of carbonyl (C=O) groups excluding carboxylic acids is 2. The average molecular weight is 487 g/mol. The van der Waals surface area contributed by atoms with Crippen molar-refractivity contribution in [2.24, 2.45) is 5.73 Å². The second-order valence-electron chi connectivity index (χ2n) is 7.21. The van der Waals surface area contributed by atoms with Gasteiger partial charge < -0.3 is 19.9 Å². The molecule has 0 fully saturated rings. The minimum Gasteiger partial charge on any atom is -0.482 e. The number of esters is 2. The Morgan fingerprint density at radius 2 is 1.63 bits per heavy atom. The van der Waals surface area contributed by atoms with Crippen LogP contribution in [0.3, 0.4) is 0 Å². The first-order chi connectivity index (χ1) is 16.6. The SMILES string of the molecule is COC(=O)C1=C(C(=O)OC)N(c2ccccc2OCC(F)(F)F)C(N)=C(C#N)C1c1ccccc1. The molecule has 1 aliphatic heterocycles. The minimum absolute atomic E-state index is 0.115. The Hall–Kier alpha value is -4.46. The number of ether oxygens (including phenoxy) is 3. The largest absolute Gasteiger partial charge is 0.482 e. The maximum Gasteiger partial charge on any atom is 0.422 e. The summed E-state index contributed by atoms with van der Waals surface area (Å²) in [4.78, 5) is 27.0. The quantitative estimate of drug-likeness (QED) is 0.616. The van der Waals surface area contributed by atoms with Gasteiger partial charge in [-0.15, -0.1) is 0 Å². The molecular formula is C24H20F3N3O5. The summed E-state index contributed by atoms with van der Waals surface area (Å²) in [5.74, 6) is -3.69. The maximum atomic E-state index is 13.0. The van der Waals surface area contributed by atoms with Crippen molar-refractivity contribution in [3.8, 4) is 11.8 Å². The molecule has 3 rings (SSSR count). The lowest BCUT2D eigenvalue weighted by atomic mass is 9.81. The van der Waals surface area contributed by atoms with Gasteiger partial charge in [-0.3, -0.25) is 4.90 Å². The van der Waals surface area contributed by atoms with E-state index < -0.39 is 36.3 Å². The molecule has 2 aromatic rings. The Balaban J connectivity index is 2.35. The summed E-state index contributed by atoms with van der Waals surface area (Å²) in [6, 6.07) is 15.7. The lowest BCUT2D eigenvalue weighted by molar-refractivity contribution is -0.153. The van der Waals surface area contributed by atoms with Crippen molar-refractivity contribution in [3.05, 3.63) is 82.8 Å². The molecule has 1 aliphatic rings. The van der Waals surface area contributed by atoms with Gasteiger partial charge in [-0.1, -0.05) is 42.5 Å². The minimum atomic E-state index is -4.65. The fourth-order valence-electron chi connectivity index (χ4n) is 3.69. The molecule has 1 atom stereocenters. The van der Waals surface area contributed by atoms with Crippen molar-refractivity contribution in [2.45, 2.75) is 12.1 Å². The number of hydrogen-bond acceptors (Lipinski definition) is 8. The van der Waals surface area contributed by atoms with E-state index in [4.69, 9.17) is 19.9 Å². The molecule has 0 bridgehead atoms. The van der Waals surface area contributed by atoms with E-state index in [9.17, 15) is 28.0 Å². The predicted molar refractivity (Wildman–Crippen MR) is 118 cm³/mol. The van der Waals surface area contributed by atoms with Crippen molar-refractivity contribution >= 4 is 17.6 Å². The van der Waals surface area contributed by atoms with E-state index in [1.807, 2.05) is 6.07 Å². The Morgan fingerprint density at radius 3 is 2.20 bits per heavy atom. The lowest BCUT2D eigenvalue weighted by Gasteiger charge is -2.36. The number of anilines is 1. The van der Waals surface area contributed by atoms with Gasteiger partial charge in [0.2, 0.25) is 0 Å². The van der Waals surface area contributed by atoms with Gasteiger partial charge in [-0.05, 0) is 17.7 Å². The van der Waals surface area contributed by atoms with E-state index in [-0.39, 0.29) is 28.4 Å².